The van der Waals surface area contributed by atoms with Gasteiger partial charge in [0.2, 0.25) is 0 Å². The number of rotatable bonds is 2. The molecule has 2 unspecified atom stereocenters. The zero-order chi connectivity index (χ0) is 12.4. The molecule has 0 spiro atoms. The van der Waals surface area contributed by atoms with Crippen molar-refractivity contribution in [2.45, 2.75) is 44.0 Å². The fraction of sp³-hybridized carbons (Fsp3) is 1.00. The van der Waals surface area contributed by atoms with Crippen LogP contribution in [0, 0.1) is 0 Å². The third kappa shape index (κ3) is 3.61. The van der Waals surface area contributed by atoms with Crippen LogP contribution in [0.2, 0.25) is 0 Å². The van der Waals surface area contributed by atoms with Gasteiger partial charge in [0, 0.05) is 13.1 Å². The molecule has 0 aromatic heterocycles. The van der Waals surface area contributed by atoms with E-state index in [0.29, 0.717) is 25.8 Å². The van der Waals surface area contributed by atoms with Crippen LogP contribution in [0.4, 0.5) is 13.2 Å². The maximum absolute atomic E-state index is 12.6. The van der Waals surface area contributed by atoms with Gasteiger partial charge in [0.05, 0.1) is 5.60 Å². The zero-order valence-electron chi connectivity index (χ0n) is 9.43. The molecule has 1 rings (SSSR count). The molecule has 0 aromatic carbocycles. The summed E-state index contributed by atoms with van der Waals surface area (Å²) < 4.78 is 37.9. The van der Waals surface area contributed by atoms with Gasteiger partial charge in [-0.2, -0.15) is 13.2 Å². The summed E-state index contributed by atoms with van der Waals surface area (Å²) in [6.07, 6.45) is -2.82. The molecule has 1 aliphatic rings. The molecule has 3 N–H and O–H groups in total. The second-order valence-electron chi connectivity index (χ2n) is 4.68. The Morgan fingerprint density at radius 2 is 2.00 bits per heavy atom. The molecule has 2 atom stereocenters. The third-order valence-corrected chi connectivity index (χ3v) is 3.14. The Hall–Kier alpha value is -0.330. The highest BCUT2D eigenvalue weighted by atomic mass is 19.4. The van der Waals surface area contributed by atoms with Gasteiger partial charge >= 0.3 is 6.18 Å². The van der Waals surface area contributed by atoms with Gasteiger partial charge in [0.15, 0.2) is 0 Å². The molecule has 96 valence electrons. The van der Waals surface area contributed by atoms with E-state index in [4.69, 9.17) is 5.73 Å². The van der Waals surface area contributed by atoms with Crippen molar-refractivity contribution < 1.29 is 18.3 Å². The summed E-state index contributed by atoms with van der Waals surface area (Å²) in [6.45, 7) is 1.83. The Kier molecular flexibility index (Phi) is 4.20. The third-order valence-electron chi connectivity index (χ3n) is 3.14. The molecular formula is C10H19F3N2O. The van der Waals surface area contributed by atoms with Crippen LogP contribution < -0.4 is 5.73 Å². The Balaban J connectivity index is 2.66. The number of likely N-dealkylation sites (tertiary alicyclic amines) is 1. The Morgan fingerprint density at radius 3 is 2.50 bits per heavy atom. The molecule has 6 heteroatoms. The van der Waals surface area contributed by atoms with Crippen molar-refractivity contribution in [3.63, 3.8) is 0 Å². The van der Waals surface area contributed by atoms with Crippen molar-refractivity contribution in [1.82, 2.24) is 4.90 Å². The standard InChI is InChI=1S/C10H19F3N2O/c1-9(16)3-2-5-15(6-4-9)8(7-14)10(11,12)13/h8,16H,2-7,14H2,1H3. The lowest BCUT2D eigenvalue weighted by Gasteiger charge is -2.31. The van der Waals surface area contributed by atoms with E-state index in [0.717, 1.165) is 0 Å². The zero-order valence-corrected chi connectivity index (χ0v) is 9.43. The van der Waals surface area contributed by atoms with E-state index < -0.39 is 24.4 Å². The molecule has 3 nitrogen and oxygen atoms in total. The lowest BCUT2D eigenvalue weighted by molar-refractivity contribution is -0.181. The molecule has 1 heterocycles. The number of hydrogen-bond acceptors (Lipinski definition) is 3. The first-order valence-corrected chi connectivity index (χ1v) is 5.49. The molecule has 0 aromatic rings. The van der Waals surface area contributed by atoms with Crippen LogP contribution >= 0.6 is 0 Å². The van der Waals surface area contributed by atoms with Crippen molar-refractivity contribution >= 4 is 0 Å². The number of nitrogens with zero attached hydrogens (tertiary/aromatic N) is 1. The predicted molar refractivity (Wildman–Crippen MR) is 54.9 cm³/mol. The molecule has 1 fully saturated rings. The number of halogens is 3. The average molecular weight is 240 g/mol. The van der Waals surface area contributed by atoms with Gasteiger partial charge in [-0.15, -0.1) is 0 Å². The van der Waals surface area contributed by atoms with Gasteiger partial charge in [0.25, 0.3) is 0 Å². The first-order chi connectivity index (χ1) is 7.26. The van der Waals surface area contributed by atoms with Gasteiger partial charge < -0.3 is 10.8 Å². The SMILES string of the molecule is CC1(O)CCCN(C(CN)C(F)(F)F)CC1. The largest absolute Gasteiger partial charge is 0.405 e. The molecular weight excluding hydrogens is 221 g/mol. The molecule has 0 radical (unpaired) electrons. The fourth-order valence-corrected chi connectivity index (χ4v) is 2.09. The number of aliphatic hydroxyl groups is 1. The van der Waals surface area contributed by atoms with Crippen molar-refractivity contribution in [3.8, 4) is 0 Å². The van der Waals surface area contributed by atoms with Crippen LogP contribution in [0.25, 0.3) is 0 Å². The Labute approximate surface area is 93.4 Å². The highest BCUT2D eigenvalue weighted by Crippen LogP contribution is 2.28. The minimum absolute atomic E-state index is 0.244. The summed E-state index contributed by atoms with van der Waals surface area (Å²) in [6, 6.07) is -1.58. The van der Waals surface area contributed by atoms with Gasteiger partial charge in [0.1, 0.15) is 6.04 Å². The highest BCUT2D eigenvalue weighted by molar-refractivity contribution is 4.85. The van der Waals surface area contributed by atoms with Gasteiger partial charge in [-0.25, -0.2) is 0 Å². The monoisotopic (exact) mass is 240 g/mol. The summed E-state index contributed by atoms with van der Waals surface area (Å²) in [7, 11) is 0. The van der Waals surface area contributed by atoms with E-state index in [-0.39, 0.29) is 6.54 Å². The predicted octanol–water partition coefficient (Wildman–Crippen LogP) is 1.11. The van der Waals surface area contributed by atoms with Crippen molar-refractivity contribution in [2.24, 2.45) is 5.73 Å². The minimum Gasteiger partial charge on any atom is -0.390 e. The lowest BCUT2D eigenvalue weighted by atomic mass is 9.98. The van der Waals surface area contributed by atoms with Gasteiger partial charge in [-0.05, 0) is 32.7 Å². The van der Waals surface area contributed by atoms with E-state index >= 15 is 0 Å². The molecule has 0 saturated carbocycles. The van der Waals surface area contributed by atoms with Crippen molar-refractivity contribution in [1.29, 1.82) is 0 Å². The minimum atomic E-state index is -4.29. The molecule has 1 aliphatic heterocycles. The normalized spacial score (nSPS) is 31.1. The van der Waals surface area contributed by atoms with E-state index in [1.165, 1.54) is 4.90 Å². The summed E-state index contributed by atoms with van der Waals surface area (Å²) >= 11 is 0. The molecule has 0 amide bonds. The summed E-state index contributed by atoms with van der Waals surface area (Å²) in [5.74, 6) is 0. The van der Waals surface area contributed by atoms with E-state index in [9.17, 15) is 18.3 Å². The summed E-state index contributed by atoms with van der Waals surface area (Å²) in [4.78, 5) is 1.33. The summed E-state index contributed by atoms with van der Waals surface area (Å²) in [5, 5.41) is 9.79. The Morgan fingerprint density at radius 1 is 1.38 bits per heavy atom. The maximum atomic E-state index is 12.6. The number of nitrogens with two attached hydrogens (primary N) is 1. The van der Waals surface area contributed by atoms with Crippen LogP contribution in [-0.4, -0.2) is 47.5 Å². The molecule has 0 bridgehead atoms. The average Bonchev–Trinajstić information content (AvgIpc) is 2.27. The summed E-state index contributed by atoms with van der Waals surface area (Å²) in [5.41, 5.74) is 4.34. The topological polar surface area (TPSA) is 49.5 Å². The van der Waals surface area contributed by atoms with Crippen LogP contribution in [0.3, 0.4) is 0 Å². The molecule has 0 aliphatic carbocycles. The van der Waals surface area contributed by atoms with E-state index in [1.54, 1.807) is 6.92 Å². The first-order valence-electron chi connectivity index (χ1n) is 5.49. The van der Waals surface area contributed by atoms with Crippen molar-refractivity contribution in [2.75, 3.05) is 19.6 Å². The van der Waals surface area contributed by atoms with E-state index in [2.05, 4.69) is 0 Å². The molecule has 16 heavy (non-hydrogen) atoms. The lowest BCUT2D eigenvalue weighted by Crippen LogP contribution is -2.50. The van der Waals surface area contributed by atoms with Gasteiger partial charge in [-0.1, -0.05) is 0 Å². The molecule has 1 saturated heterocycles. The number of hydrogen-bond donors (Lipinski definition) is 2. The highest BCUT2D eigenvalue weighted by Gasteiger charge is 2.43. The maximum Gasteiger partial charge on any atom is 0.405 e. The fourth-order valence-electron chi connectivity index (χ4n) is 2.09. The second-order valence-corrected chi connectivity index (χ2v) is 4.68. The Bertz CT molecular complexity index is 231. The van der Waals surface area contributed by atoms with Gasteiger partial charge in [-0.3, -0.25) is 4.90 Å². The van der Waals surface area contributed by atoms with Crippen LogP contribution in [0.5, 0.6) is 0 Å². The van der Waals surface area contributed by atoms with E-state index in [1.807, 2.05) is 0 Å². The van der Waals surface area contributed by atoms with Crippen molar-refractivity contribution in [3.05, 3.63) is 0 Å². The quantitative estimate of drug-likeness (QED) is 0.760. The smallest absolute Gasteiger partial charge is 0.390 e. The first kappa shape index (κ1) is 13.7. The van der Waals surface area contributed by atoms with Crippen LogP contribution in [-0.2, 0) is 0 Å². The van der Waals surface area contributed by atoms with Crippen LogP contribution in [0.15, 0.2) is 0 Å². The van der Waals surface area contributed by atoms with Crippen LogP contribution in [0.1, 0.15) is 26.2 Å². The second kappa shape index (κ2) is 4.89. The number of alkyl halides is 3.